The van der Waals surface area contributed by atoms with Gasteiger partial charge in [0.15, 0.2) is 5.78 Å². The van der Waals surface area contributed by atoms with Crippen LogP contribution in [0.5, 0.6) is 5.75 Å². The van der Waals surface area contributed by atoms with E-state index < -0.39 is 11.7 Å². The number of carbonyl (C=O) groups excluding carboxylic acids is 2. The van der Waals surface area contributed by atoms with Gasteiger partial charge in [-0.2, -0.15) is 0 Å². The van der Waals surface area contributed by atoms with Crippen LogP contribution < -0.4 is 10.1 Å². The number of nitrogens with one attached hydrogen (secondary N) is 1. The minimum atomic E-state index is -0.634. The molecule has 2 aromatic rings. The van der Waals surface area contributed by atoms with Crippen molar-refractivity contribution in [2.45, 2.75) is 33.0 Å². The average Bonchev–Trinajstić information content (AvgIpc) is 2.58. The second-order valence-electron chi connectivity index (χ2n) is 6.72. The normalized spacial score (nSPS) is 10.9. The second kappa shape index (κ2) is 8.47. The first-order valence-electron chi connectivity index (χ1n) is 8.20. The van der Waals surface area contributed by atoms with Gasteiger partial charge in [0.2, 0.25) is 0 Å². The SMILES string of the molecule is CC(C)(C)OC(=O)NCC(=O)c1ccc(OCc2ccc(F)cc2)cc1. The summed E-state index contributed by atoms with van der Waals surface area (Å²) in [6.07, 6.45) is -0.634. The molecule has 0 heterocycles. The third-order valence-electron chi connectivity index (χ3n) is 3.29. The van der Waals surface area contributed by atoms with Crippen molar-refractivity contribution in [1.82, 2.24) is 5.32 Å². The number of amides is 1. The highest BCUT2D eigenvalue weighted by atomic mass is 19.1. The molecule has 0 radical (unpaired) electrons. The summed E-state index contributed by atoms with van der Waals surface area (Å²) in [5, 5.41) is 2.43. The van der Waals surface area contributed by atoms with Gasteiger partial charge in [0, 0.05) is 5.56 Å². The van der Waals surface area contributed by atoms with E-state index >= 15 is 0 Å². The molecular weight excluding hydrogens is 337 g/mol. The number of hydrogen-bond donors (Lipinski definition) is 1. The Morgan fingerprint density at radius 1 is 1.00 bits per heavy atom. The van der Waals surface area contributed by atoms with Crippen LogP contribution in [0.2, 0.25) is 0 Å². The van der Waals surface area contributed by atoms with Crippen LogP contribution >= 0.6 is 0 Å². The van der Waals surface area contributed by atoms with Crippen molar-refractivity contribution in [3.05, 3.63) is 65.5 Å². The zero-order valence-corrected chi connectivity index (χ0v) is 15.0. The lowest BCUT2D eigenvalue weighted by molar-refractivity contribution is 0.0520. The van der Waals surface area contributed by atoms with Crippen molar-refractivity contribution in [1.29, 1.82) is 0 Å². The number of carbonyl (C=O) groups is 2. The van der Waals surface area contributed by atoms with Crippen LogP contribution in [-0.4, -0.2) is 24.0 Å². The molecule has 0 fully saturated rings. The molecular formula is C20H22FNO4. The van der Waals surface area contributed by atoms with E-state index in [1.54, 1.807) is 57.2 Å². The van der Waals surface area contributed by atoms with Crippen LogP contribution in [-0.2, 0) is 11.3 Å². The van der Waals surface area contributed by atoms with E-state index in [-0.39, 0.29) is 18.1 Å². The number of rotatable bonds is 6. The largest absolute Gasteiger partial charge is 0.489 e. The predicted molar refractivity (Wildman–Crippen MR) is 95.7 cm³/mol. The summed E-state index contributed by atoms with van der Waals surface area (Å²) in [6.45, 7) is 5.40. The van der Waals surface area contributed by atoms with E-state index in [0.717, 1.165) is 5.56 Å². The molecule has 6 heteroatoms. The van der Waals surface area contributed by atoms with Gasteiger partial charge in [-0.25, -0.2) is 9.18 Å². The highest BCUT2D eigenvalue weighted by Gasteiger charge is 2.17. The van der Waals surface area contributed by atoms with Gasteiger partial charge in [-0.3, -0.25) is 4.79 Å². The van der Waals surface area contributed by atoms with Crippen molar-refractivity contribution in [3.8, 4) is 5.75 Å². The van der Waals surface area contributed by atoms with Gasteiger partial charge < -0.3 is 14.8 Å². The Morgan fingerprint density at radius 2 is 1.62 bits per heavy atom. The zero-order valence-electron chi connectivity index (χ0n) is 15.0. The fourth-order valence-electron chi connectivity index (χ4n) is 2.05. The number of halogens is 1. The molecule has 0 atom stereocenters. The first kappa shape index (κ1) is 19.4. The Balaban J connectivity index is 1.83. The molecule has 0 aliphatic heterocycles. The standard InChI is InChI=1S/C20H22FNO4/c1-20(2,3)26-19(24)22-12-18(23)15-6-10-17(11-7-15)25-13-14-4-8-16(21)9-5-14/h4-11H,12-13H2,1-3H3,(H,22,24). The first-order valence-corrected chi connectivity index (χ1v) is 8.20. The van der Waals surface area contributed by atoms with Crippen molar-refractivity contribution in [3.63, 3.8) is 0 Å². The van der Waals surface area contributed by atoms with E-state index in [1.165, 1.54) is 12.1 Å². The van der Waals surface area contributed by atoms with E-state index in [0.29, 0.717) is 17.9 Å². The number of Topliss-reactive ketones (excluding diaryl/α,β-unsaturated/α-hetero) is 1. The molecule has 0 aromatic heterocycles. The molecule has 1 amide bonds. The summed E-state index contributed by atoms with van der Waals surface area (Å²) in [6, 6.07) is 12.6. The van der Waals surface area contributed by atoms with E-state index in [1.807, 2.05) is 0 Å². The van der Waals surface area contributed by atoms with Crippen LogP contribution in [0.1, 0.15) is 36.7 Å². The van der Waals surface area contributed by atoms with Gasteiger partial charge in [0.1, 0.15) is 23.8 Å². The fourth-order valence-corrected chi connectivity index (χ4v) is 2.05. The van der Waals surface area contributed by atoms with Crippen molar-refractivity contribution >= 4 is 11.9 Å². The Bertz CT molecular complexity index is 749. The van der Waals surface area contributed by atoms with Gasteiger partial charge >= 0.3 is 6.09 Å². The molecule has 0 saturated heterocycles. The fraction of sp³-hybridized carbons (Fsp3) is 0.300. The summed E-state index contributed by atoms with van der Waals surface area (Å²) in [4.78, 5) is 23.7. The molecule has 0 unspecified atom stereocenters. The second-order valence-corrected chi connectivity index (χ2v) is 6.72. The molecule has 0 aliphatic rings. The minimum Gasteiger partial charge on any atom is -0.489 e. The molecule has 0 saturated carbocycles. The minimum absolute atomic E-state index is 0.148. The van der Waals surface area contributed by atoms with Crippen molar-refractivity contribution in [2.75, 3.05) is 6.54 Å². The third-order valence-corrected chi connectivity index (χ3v) is 3.29. The van der Waals surface area contributed by atoms with Gasteiger partial charge in [0.05, 0.1) is 6.54 Å². The summed E-state index contributed by atoms with van der Waals surface area (Å²) in [5.74, 6) is 0.0588. The quantitative estimate of drug-likeness (QED) is 0.788. The average molecular weight is 359 g/mol. The number of benzene rings is 2. The summed E-state index contributed by atoms with van der Waals surface area (Å²) >= 11 is 0. The van der Waals surface area contributed by atoms with E-state index in [4.69, 9.17) is 9.47 Å². The van der Waals surface area contributed by atoms with E-state index in [2.05, 4.69) is 5.32 Å². The monoisotopic (exact) mass is 359 g/mol. The Kier molecular flexibility index (Phi) is 6.33. The molecule has 26 heavy (non-hydrogen) atoms. The zero-order chi connectivity index (χ0) is 19.2. The maximum atomic E-state index is 12.9. The van der Waals surface area contributed by atoms with Crippen LogP contribution in [0.3, 0.4) is 0 Å². The lowest BCUT2D eigenvalue weighted by Gasteiger charge is -2.19. The van der Waals surface area contributed by atoms with Crippen LogP contribution in [0.15, 0.2) is 48.5 Å². The Labute approximate surface area is 152 Å². The predicted octanol–water partition coefficient (Wildman–Crippen LogP) is 4.11. The molecule has 0 bridgehead atoms. The number of alkyl carbamates (subject to hydrolysis) is 1. The van der Waals surface area contributed by atoms with E-state index in [9.17, 15) is 14.0 Å². The molecule has 2 rings (SSSR count). The van der Waals surface area contributed by atoms with Crippen LogP contribution in [0, 0.1) is 5.82 Å². The number of hydrogen-bond acceptors (Lipinski definition) is 4. The Morgan fingerprint density at radius 3 is 2.19 bits per heavy atom. The van der Waals surface area contributed by atoms with Crippen LogP contribution in [0.25, 0.3) is 0 Å². The third kappa shape index (κ3) is 6.55. The topological polar surface area (TPSA) is 64.6 Å². The summed E-state index contributed by atoms with van der Waals surface area (Å²) in [7, 11) is 0. The van der Waals surface area contributed by atoms with Gasteiger partial charge in [-0.1, -0.05) is 12.1 Å². The molecule has 0 aliphatic carbocycles. The van der Waals surface area contributed by atoms with Crippen LogP contribution in [0.4, 0.5) is 9.18 Å². The van der Waals surface area contributed by atoms with Crippen molar-refractivity contribution < 1.29 is 23.5 Å². The number of ether oxygens (including phenoxy) is 2. The molecule has 2 aromatic carbocycles. The summed E-state index contributed by atoms with van der Waals surface area (Å²) < 4.78 is 23.5. The molecule has 1 N–H and O–H groups in total. The smallest absolute Gasteiger partial charge is 0.408 e. The lowest BCUT2D eigenvalue weighted by Crippen LogP contribution is -2.35. The lowest BCUT2D eigenvalue weighted by atomic mass is 10.1. The van der Waals surface area contributed by atoms with Gasteiger partial charge in [-0.15, -0.1) is 0 Å². The summed E-state index contributed by atoms with van der Waals surface area (Å²) in [5.41, 5.74) is 0.680. The van der Waals surface area contributed by atoms with Gasteiger partial charge in [0.25, 0.3) is 0 Å². The maximum absolute atomic E-state index is 12.9. The first-order chi connectivity index (χ1) is 12.2. The highest BCUT2D eigenvalue weighted by Crippen LogP contribution is 2.15. The van der Waals surface area contributed by atoms with Crippen molar-refractivity contribution in [2.24, 2.45) is 0 Å². The molecule has 138 valence electrons. The molecule has 0 spiro atoms. The highest BCUT2D eigenvalue weighted by molar-refractivity contribution is 5.98. The van der Waals surface area contributed by atoms with Gasteiger partial charge in [-0.05, 0) is 62.7 Å². The number of ketones is 1. The maximum Gasteiger partial charge on any atom is 0.408 e. The molecule has 5 nitrogen and oxygen atoms in total. The Hall–Kier alpha value is -2.89.